The van der Waals surface area contributed by atoms with E-state index in [4.69, 9.17) is 0 Å². The first-order valence-electron chi connectivity index (χ1n) is 9.42. The number of alkyl halides is 2. The minimum absolute atomic E-state index is 0.0991. The molecule has 0 spiro atoms. The zero-order chi connectivity index (χ0) is 25.0. The fourth-order valence-electron chi connectivity index (χ4n) is 2.71. The molecule has 178 valence electrons. The maximum atomic E-state index is 14.9. The molecule has 0 atom stereocenters. The molecular weight excluding hydrogens is 480 g/mol. The molecule has 3 rings (SSSR count). The van der Waals surface area contributed by atoms with E-state index in [2.05, 4.69) is 10.3 Å². The zero-order valence-corrected chi connectivity index (χ0v) is 18.1. The molecule has 0 bridgehead atoms. The molecule has 8 nitrogen and oxygen atoms in total. The van der Waals surface area contributed by atoms with Gasteiger partial charge in [-0.15, -0.1) is 0 Å². The van der Waals surface area contributed by atoms with Crippen molar-refractivity contribution in [2.45, 2.75) is 18.2 Å². The van der Waals surface area contributed by atoms with Crippen molar-refractivity contribution in [1.29, 1.82) is 0 Å². The van der Waals surface area contributed by atoms with Crippen molar-refractivity contribution in [3.8, 4) is 0 Å². The summed E-state index contributed by atoms with van der Waals surface area (Å²) in [6.07, 6.45) is -1.74. The molecule has 0 saturated carbocycles. The Morgan fingerprint density at radius 2 is 1.62 bits per heavy atom. The Morgan fingerprint density at radius 1 is 0.941 bits per heavy atom. The number of amides is 2. The van der Waals surface area contributed by atoms with E-state index in [0.29, 0.717) is 0 Å². The van der Waals surface area contributed by atoms with Gasteiger partial charge >= 0.3 is 0 Å². The molecule has 3 N–H and O–H groups in total. The van der Waals surface area contributed by atoms with Gasteiger partial charge in [0.2, 0.25) is 5.91 Å². The summed E-state index contributed by atoms with van der Waals surface area (Å²) in [6, 6.07) is 7.70. The minimum Gasteiger partial charge on any atom is -0.317 e. The lowest BCUT2D eigenvalue weighted by Gasteiger charge is -2.13. The molecule has 1 aromatic heterocycles. The molecule has 0 unspecified atom stereocenters. The molecule has 13 heteroatoms. The highest BCUT2D eigenvalue weighted by atomic mass is 32.2. The van der Waals surface area contributed by atoms with Crippen molar-refractivity contribution in [2.24, 2.45) is 0 Å². The number of carbonyl (C=O) groups excluding carboxylic acids is 2. The molecule has 0 aliphatic rings. The fraction of sp³-hybridized carbons (Fsp3) is 0.0952. The third kappa shape index (κ3) is 5.67. The van der Waals surface area contributed by atoms with Gasteiger partial charge in [-0.25, -0.2) is 31.0 Å². The number of anilines is 3. The van der Waals surface area contributed by atoms with Gasteiger partial charge in [0, 0.05) is 18.7 Å². The predicted molar refractivity (Wildman–Crippen MR) is 115 cm³/mol. The van der Waals surface area contributed by atoms with E-state index < -0.39 is 61.7 Å². The standard InChI is InChI=1S/C21H16F4N4O4S/c1-11(30)27-17-9-4-13(10-26-17)21(31)28-19-15(22)7-8-16(18(19)23)29-34(32,33)14-5-2-12(3-6-14)20(24)25/h2-10,20,29H,1H3,(H,28,31)(H,26,27,30). The number of nitrogens with zero attached hydrogens (tertiary/aromatic N) is 1. The van der Waals surface area contributed by atoms with Crippen LogP contribution >= 0.6 is 0 Å². The maximum Gasteiger partial charge on any atom is 0.263 e. The second kappa shape index (κ2) is 9.87. The van der Waals surface area contributed by atoms with E-state index in [1.165, 1.54) is 19.1 Å². The lowest BCUT2D eigenvalue weighted by Crippen LogP contribution is -2.18. The highest BCUT2D eigenvalue weighted by molar-refractivity contribution is 7.92. The SMILES string of the molecule is CC(=O)Nc1ccc(C(=O)Nc2c(F)ccc(NS(=O)(=O)c3ccc(C(F)F)cc3)c2F)cn1. The number of carbonyl (C=O) groups is 2. The molecule has 0 radical (unpaired) electrons. The van der Waals surface area contributed by atoms with Crippen molar-refractivity contribution in [2.75, 3.05) is 15.4 Å². The van der Waals surface area contributed by atoms with Gasteiger partial charge < -0.3 is 10.6 Å². The summed E-state index contributed by atoms with van der Waals surface area (Å²) in [5.74, 6) is -3.79. The number of hydrogen-bond acceptors (Lipinski definition) is 5. The van der Waals surface area contributed by atoms with Crippen LogP contribution in [0.1, 0.15) is 29.3 Å². The normalized spacial score (nSPS) is 11.2. The highest BCUT2D eigenvalue weighted by Crippen LogP contribution is 2.29. The van der Waals surface area contributed by atoms with Gasteiger partial charge in [-0.1, -0.05) is 12.1 Å². The number of halogens is 4. The molecule has 34 heavy (non-hydrogen) atoms. The maximum absolute atomic E-state index is 14.9. The molecule has 0 fully saturated rings. The van der Waals surface area contributed by atoms with Crippen molar-refractivity contribution in [3.05, 3.63) is 77.5 Å². The summed E-state index contributed by atoms with van der Waals surface area (Å²) in [7, 11) is -4.42. The monoisotopic (exact) mass is 496 g/mol. The second-order valence-electron chi connectivity index (χ2n) is 6.83. The number of aromatic nitrogens is 1. The Hall–Kier alpha value is -4.00. The van der Waals surface area contributed by atoms with E-state index in [-0.39, 0.29) is 11.4 Å². The van der Waals surface area contributed by atoms with E-state index in [1.54, 1.807) is 0 Å². The van der Waals surface area contributed by atoms with Crippen molar-refractivity contribution >= 4 is 39.0 Å². The Kier molecular flexibility index (Phi) is 7.15. The first-order chi connectivity index (χ1) is 16.0. The fourth-order valence-corrected chi connectivity index (χ4v) is 3.77. The number of hydrogen-bond donors (Lipinski definition) is 3. The first kappa shape index (κ1) is 24.6. The van der Waals surface area contributed by atoms with Crippen LogP contribution in [-0.4, -0.2) is 25.2 Å². The number of pyridine rings is 1. The van der Waals surface area contributed by atoms with Gasteiger partial charge in [0.1, 0.15) is 17.3 Å². The molecule has 2 amide bonds. The summed E-state index contributed by atoms with van der Waals surface area (Å²) in [6.45, 7) is 1.26. The van der Waals surface area contributed by atoms with Gasteiger partial charge in [0.05, 0.1) is 16.1 Å². The summed E-state index contributed by atoms with van der Waals surface area (Å²) >= 11 is 0. The third-order valence-corrected chi connectivity index (χ3v) is 5.73. The minimum atomic E-state index is -4.42. The van der Waals surface area contributed by atoms with E-state index in [0.717, 1.165) is 42.6 Å². The van der Waals surface area contributed by atoms with Crippen LogP contribution in [0.15, 0.2) is 59.6 Å². The summed E-state index contributed by atoms with van der Waals surface area (Å²) < 4.78 is 81.3. The van der Waals surface area contributed by atoms with Crippen LogP contribution in [0.4, 0.5) is 34.8 Å². The van der Waals surface area contributed by atoms with Crippen molar-refractivity contribution in [1.82, 2.24) is 4.98 Å². The zero-order valence-electron chi connectivity index (χ0n) is 17.3. The highest BCUT2D eigenvalue weighted by Gasteiger charge is 2.22. The molecule has 3 aromatic rings. The van der Waals surface area contributed by atoms with Gasteiger partial charge in [-0.05, 0) is 36.4 Å². The van der Waals surface area contributed by atoms with Crippen LogP contribution in [0.2, 0.25) is 0 Å². The molecule has 2 aromatic carbocycles. The molecule has 0 aliphatic carbocycles. The number of benzene rings is 2. The Labute approximate surface area is 191 Å². The van der Waals surface area contributed by atoms with Crippen LogP contribution < -0.4 is 15.4 Å². The third-order valence-electron chi connectivity index (χ3n) is 4.35. The summed E-state index contributed by atoms with van der Waals surface area (Å²) in [4.78, 5) is 26.8. The lowest BCUT2D eigenvalue weighted by molar-refractivity contribution is -0.114. The molecule has 0 aliphatic heterocycles. The largest absolute Gasteiger partial charge is 0.317 e. The van der Waals surface area contributed by atoms with Crippen molar-refractivity contribution in [3.63, 3.8) is 0 Å². The molecule has 0 saturated heterocycles. The van der Waals surface area contributed by atoms with E-state index in [1.807, 2.05) is 10.0 Å². The van der Waals surface area contributed by atoms with Gasteiger partial charge in [-0.2, -0.15) is 0 Å². The summed E-state index contributed by atoms with van der Waals surface area (Å²) in [5.41, 5.74) is -2.12. The Bertz CT molecular complexity index is 1330. The van der Waals surface area contributed by atoms with Crippen LogP contribution in [0.25, 0.3) is 0 Å². The van der Waals surface area contributed by atoms with Gasteiger partial charge in [0.25, 0.3) is 22.4 Å². The van der Waals surface area contributed by atoms with E-state index in [9.17, 15) is 35.6 Å². The van der Waals surface area contributed by atoms with Crippen LogP contribution in [0.5, 0.6) is 0 Å². The first-order valence-corrected chi connectivity index (χ1v) is 10.9. The lowest BCUT2D eigenvalue weighted by atomic mass is 10.2. The smallest absolute Gasteiger partial charge is 0.263 e. The number of sulfonamides is 1. The van der Waals surface area contributed by atoms with Gasteiger partial charge in [0.15, 0.2) is 5.82 Å². The second-order valence-corrected chi connectivity index (χ2v) is 8.51. The van der Waals surface area contributed by atoms with E-state index >= 15 is 0 Å². The average Bonchev–Trinajstić information content (AvgIpc) is 2.78. The predicted octanol–water partition coefficient (Wildman–Crippen LogP) is 4.31. The Morgan fingerprint density at radius 3 is 2.18 bits per heavy atom. The average molecular weight is 496 g/mol. The molecular formula is C21H16F4N4O4S. The Balaban J connectivity index is 1.82. The van der Waals surface area contributed by atoms with Gasteiger partial charge in [-0.3, -0.25) is 14.3 Å². The number of nitrogens with one attached hydrogen (secondary N) is 3. The topological polar surface area (TPSA) is 117 Å². The van der Waals surface area contributed by atoms with Crippen LogP contribution in [0.3, 0.4) is 0 Å². The molecule has 1 heterocycles. The summed E-state index contributed by atoms with van der Waals surface area (Å²) in [5, 5.41) is 4.39. The van der Waals surface area contributed by atoms with Crippen LogP contribution in [0, 0.1) is 11.6 Å². The van der Waals surface area contributed by atoms with Crippen molar-refractivity contribution < 1.29 is 35.6 Å². The quantitative estimate of drug-likeness (QED) is 0.422. The number of rotatable bonds is 7. The van der Waals surface area contributed by atoms with Crippen LogP contribution in [-0.2, 0) is 14.8 Å².